The molecular formula is C13H13FN2O3. The van der Waals surface area contributed by atoms with Crippen molar-refractivity contribution in [3.63, 3.8) is 0 Å². The number of hydrogen-bond donors (Lipinski definition) is 2. The number of phenols is 1. The van der Waals surface area contributed by atoms with Crippen molar-refractivity contribution in [3.8, 4) is 5.75 Å². The van der Waals surface area contributed by atoms with E-state index in [0.717, 1.165) is 17.7 Å². The molecule has 1 aromatic carbocycles. The molecular weight excluding hydrogens is 251 g/mol. The summed E-state index contributed by atoms with van der Waals surface area (Å²) in [5, 5.41) is 15.9. The van der Waals surface area contributed by atoms with Gasteiger partial charge in [-0.1, -0.05) is 5.16 Å². The van der Waals surface area contributed by atoms with Gasteiger partial charge in [-0.3, -0.25) is 4.79 Å². The van der Waals surface area contributed by atoms with Crippen molar-refractivity contribution in [2.45, 2.75) is 20.4 Å². The highest BCUT2D eigenvalue weighted by Crippen LogP contribution is 2.18. The van der Waals surface area contributed by atoms with Gasteiger partial charge in [0.1, 0.15) is 17.3 Å². The number of carbonyl (C=O) groups is 1. The third-order valence-electron chi connectivity index (χ3n) is 2.81. The van der Waals surface area contributed by atoms with Crippen molar-refractivity contribution < 1.29 is 18.8 Å². The van der Waals surface area contributed by atoms with Crippen molar-refractivity contribution in [1.29, 1.82) is 0 Å². The summed E-state index contributed by atoms with van der Waals surface area (Å²) in [6.07, 6.45) is 0. The maximum Gasteiger partial charge on any atom is 0.255 e. The molecule has 2 rings (SSSR count). The largest absolute Gasteiger partial charge is 0.507 e. The van der Waals surface area contributed by atoms with Gasteiger partial charge in [-0.2, -0.15) is 0 Å². The number of benzene rings is 1. The van der Waals surface area contributed by atoms with Crippen LogP contribution in [0.3, 0.4) is 0 Å². The minimum Gasteiger partial charge on any atom is -0.507 e. The molecule has 0 unspecified atom stereocenters. The first kappa shape index (κ1) is 13.1. The Bertz CT molecular complexity index is 603. The van der Waals surface area contributed by atoms with Crippen LogP contribution in [0.25, 0.3) is 0 Å². The van der Waals surface area contributed by atoms with E-state index in [4.69, 9.17) is 4.52 Å². The molecule has 0 aliphatic carbocycles. The lowest BCUT2D eigenvalue weighted by atomic mass is 10.1. The van der Waals surface area contributed by atoms with Gasteiger partial charge < -0.3 is 14.9 Å². The van der Waals surface area contributed by atoms with E-state index in [1.54, 1.807) is 13.8 Å². The molecule has 19 heavy (non-hydrogen) atoms. The summed E-state index contributed by atoms with van der Waals surface area (Å²) in [7, 11) is 0. The molecule has 0 spiro atoms. The zero-order valence-corrected chi connectivity index (χ0v) is 10.5. The van der Waals surface area contributed by atoms with E-state index in [0.29, 0.717) is 11.5 Å². The Kier molecular flexibility index (Phi) is 3.50. The van der Waals surface area contributed by atoms with Crippen LogP contribution in [0.2, 0.25) is 0 Å². The Balaban J connectivity index is 2.10. The number of hydrogen-bond acceptors (Lipinski definition) is 4. The highest BCUT2D eigenvalue weighted by atomic mass is 19.1. The first-order valence-electron chi connectivity index (χ1n) is 5.67. The lowest BCUT2D eigenvalue weighted by Gasteiger charge is -2.06. The van der Waals surface area contributed by atoms with Gasteiger partial charge in [0, 0.05) is 18.2 Å². The summed E-state index contributed by atoms with van der Waals surface area (Å²) in [5.74, 6) is -0.852. The fraction of sp³-hybridized carbons (Fsp3) is 0.231. The van der Waals surface area contributed by atoms with E-state index in [1.165, 1.54) is 6.07 Å². The number of rotatable bonds is 3. The number of aromatic nitrogens is 1. The zero-order valence-electron chi connectivity index (χ0n) is 10.5. The number of aromatic hydroxyl groups is 1. The van der Waals surface area contributed by atoms with Crippen LogP contribution in [-0.4, -0.2) is 16.2 Å². The first-order chi connectivity index (χ1) is 8.99. The summed E-state index contributed by atoms with van der Waals surface area (Å²) in [6, 6.07) is 3.24. The maximum absolute atomic E-state index is 12.8. The minimum atomic E-state index is -0.597. The van der Waals surface area contributed by atoms with Crippen molar-refractivity contribution in [1.82, 2.24) is 10.5 Å². The van der Waals surface area contributed by atoms with E-state index in [9.17, 15) is 14.3 Å². The molecule has 100 valence electrons. The number of nitrogens with one attached hydrogen (secondary N) is 1. The predicted octanol–water partition coefficient (Wildman–Crippen LogP) is 2.07. The van der Waals surface area contributed by atoms with Crippen LogP contribution >= 0.6 is 0 Å². The first-order valence-corrected chi connectivity index (χ1v) is 5.67. The number of phenolic OH excluding ortho intramolecular Hbond substituents is 1. The van der Waals surface area contributed by atoms with Crippen molar-refractivity contribution in [2.75, 3.05) is 0 Å². The summed E-state index contributed by atoms with van der Waals surface area (Å²) < 4.78 is 17.8. The average Bonchev–Trinajstić information content (AvgIpc) is 2.66. The monoisotopic (exact) mass is 264 g/mol. The van der Waals surface area contributed by atoms with Gasteiger partial charge in [0.05, 0.1) is 11.3 Å². The number of amides is 1. The quantitative estimate of drug-likeness (QED) is 0.889. The lowest BCUT2D eigenvalue weighted by molar-refractivity contribution is 0.0948. The van der Waals surface area contributed by atoms with Crippen LogP contribution in [0, 0.1) is 19.7 Å². The fourth-order valence-corrected chi connectivity index (χ4v) is 1.71. The summed E-state index contributed by atoms with van der Waals surface area (Å²) in [6.45, 7) is 3.75. The normalized spacial score (nSPS) is 10.5. The molecule has 2 aromatic rings. The molecule has 0 aliphatic rings. The molecule has 0 aliphatic heterocycles. The van der Waals surface area contributed by atoms with Gasteiger partial charge in [-0.15, -0.1) is 0 Å². The van der Waals surface area contributed by atoms with Gasteiger partial charge in [-0.25, -0.2) is 4.39 Å². The van der Waals surface area contributed by atoms with Crippen LogP contribution < -0.4 is 5.32 Å². The van der Waals surface area contributed by atoms with Crippen LogP contribution in [-0.2, 0) is 6.54 Å². The molecule has 0 bridgehead atoms. The summed E-state index contributed by atoms with van der Waals surface area (Å²) in [5.41, 5.74) is 1.50. The molecule has 0 saturated carbocycles. The molecule has 2 N–H and O–H groups in total. The van der Waals surface area contributed by atoms with Crippen molar-refractivity contribution >= 4 is 5.91 Å². The van der Waals surface area contributed by atoms with Crippen LogP contribution in [0.1, 0.15) is 27.4 Å². The van der Waals surface area contributed by atoms with E-state index in [-0.39, 0.29) is 12.1 Å². The Labute approximate surface area is 109 Å². The number of nitrogens with zero attached hydrogens (tertiary/aromatic N) is 1. The van der Waals surface area contributed by atoms with Crippen molar-refractivity contribution in [3.05, 3.63) is 46.6 Å². The third-order valence-corrected chi connectivity index (χ3v) is 2.81. The predicted molar refractivity (Wildman–Crippen MR) is 65.2 cm³/mol. The Morgan fingerprint density at radius 2 is 2.21 bits per heavy atom. The van der Waals surface area contributed by atoms with E-state index >= 15 is 0 Å². The molecule has 0 fully saturated rings. The summed E-state index contributed by atoms with van der Waals surface area (Å²) in [4.78, 5) is 11.9. The molecule has 0 saturated heterocycles. The highest BCUT2D eigenvalue weighted by Gasteiger charge is 2.14. The molecule has 0 atom stereocenters. The standard InChI is InChI=1S/C13H13FN2O3/c1-7-11(8(2)19-16-7)6-15-13(18)10-4-3-9(14)5-12(10)17/h3-5,17H,6H2,1-2H3,(H,15,18). The lowest BCUT2D eigenvalue weighted by Crippen LogP contribution is -2.23. The highest BCUT2D eigenvalue weighted by molar-refractivity contribution is 5.96. The Morgan fingerprint density at radius 3 is 2.79 bits per heavy atom. The minimum absolute atomic E-state index is 0.0214. The fourth-order valence-electron chi connectivity index (χ4n) is 1.71. The summed E-state index contributed by atoms with van der Waals surface area (Å²) >= 11 is 0. The zero-order chi connectivity index (χ0) is 14.0. The van der Waals surface area contributed by atoms with E-state index in [1.807, 2.05) is 0 Å². The van der Waals surface area contributed by atoms with Crippen LogP contribution in [0.5, 0.6) is 5.75 Å². The van der Waals surface area contributed by atoms with Gasteiger partial charge in [0.15, 0.2) is 0 Å². The number of aryl methyl sites for hydroxylation is 2. The smallest absolute Gasteiger partial charge is 0.255 e. The Hall–Kier alpha value is -2.37. The molecule has 1 amide bonds. The SMILES string of the molecule is Cc1noc(C)c1CNC(=O)c1ccc(F)cc1O. The van der Waals surface area contributed by atoms with E-state index < -0.39 is 17.5 Å². The maximum atomic E-state index is 12.8. The molecule has 6 heteroatoms. The Morgan fingerprint density at radius 1 is 1.47 bits per heavy atom. The van der Waals surface area contributed by atoms with Gasteiger partial charge in [0.25, 0.3) is 5.91 Å². The molecule has 1 heterocycles. The van der Waals surface area contributed by atoms with Crippen molar-refractivity contribution in [2.24, 2.45) is 0 Å². The van der Waals surface area contributed by atoms with Crippen LogP contribution in [0.15, 0.2) is 22.7 Å². The topological polar surface area (TPSA) is 75.4 Å². The second kappa shape index (κ2) is 5.09. The van der Waals surface area contributed by atoms with Gasteiger partial charge in [-0.05, 0) is 26.0 Å². The van der Waals surface area contributed by atoms with Crippen LogP contribution in [0.4, 0.5) is 4.39 Å². The second-order valence-corrected chi connectivity index (χ2v) is 4.15. The second-order valence-electron chi connectivity index (χ2n) is 4.15. The van der Waals surface area contributed by atoms with E-state index in [2.05, 4.69) is 10.5 Å². The molecule has 0 radical (unpaired) electrons. The average molecular weight is 264 g/mol. The van der Waals surface area contributed by atoms with Gasteiger partial charge >= 0.3 is 0 Å². The van der Waals surface area contributed by atoms with Gasteiger partial charge in [0.2, 0.25) is 0 Å². The number of carbonyl (C=O) groups excluding carboxylic acids is 1. The third kappa shape index (κ3) is 2.73. The number of halogens is 1. The molecule has 5 nitrogen and oxygen atoms in total. The molecule has 1 aromatic heterocycles.